The Morgan fingerprint density at radius 3 is 2.47 bits per heavy atom. The van der Waals surface area contributed by atoms with Crippen molar-refractivity contribution in [2.75, 3.05) is 31.1 Å². The molecule has 2 atom stereocenters. The van der Waals surface area contributed by atoms with E-state index < -0.39 is 0 Å². The monoisotopic (exact) mass is 453 g/mol. The second kappa shape index (κ2) is 8.41. The molecule has 2 heterocycles. The number of aliphatic hydroxyl groups excluding tert-OH is 1. The van der Waals surface area contributed by atoms with Crippen LogP contribution < -0.4 is 10.2 Å². The van der Waals surface area contributed by atoms with E-state index in [2.05, 4.69) is 61.5 Å². The van der Waals surface area contributed by atoms with E-state index in [0.717, 1.165) is 25.3 Å². The smallest absolute Gasteiger partial charge is 0.185 e. The van der Waals surface area contributed by atoms with E-state index in [0.29, 0.717) is 24.5 Å². The zero-order chi connectivity index (χ0) is 22.5. The third kappa shape index (κ3) is 4.36. The predicted octanol–water partition coefficient (Wildman–Crippen LogP) is 5.35. The van der Waals surface area contributed by atoms with Gasteiger partial charge in [-0.2, -0.15) is 0 Å². The molecule has 2 unspecified atom stereocenters. The molecule has 2 aliphatic carbocycles. The Bertz CT molecular complexity index is 958. The maximum atomic E-state index is 9.23. The second-order valence-electron chi connectivity index (χ2n) is 11.7. The van der Waals surface area contributed by atoms with Crippen LogP contribution in [0.3, 0.4) is 0 Å². The molecular weight excluding hydrogens is 414 g/mol. The Morgan fingerprint density at radius 2 is 1.78 bits per heavy atom. The van der Waals surface area contributed by atoms with Crippen molar-refractivity contribution in [3.8, 4) is 11.3 Å². The van der Waals surface area contributed by atoms with Crippen molar-refractivity contribution >= 4 is 16.5 Å². The summed E-state index contributed by atoms with van der Waals surface area (Å²) in [5.74, 6) is 1.25. The topological polar surface area (TPSA) is 48.4 Å². The first kappa shape index (κ1) is 22.4. The van der Waals surface area contributed by atoms with Crippen molar-refractivity contribution in [2.45, 2.75) is 76.7 Å². The number of fused-ring (bicyclic) bond motifs is 1. The molecule has 2 N–H and O–H groups in total. The standard InChI is InChI=1S/C27H39N3OS/c1-26(2)9-10-27(3,4)23-14-18(5-6-22(23)26)24-17-32-25(29-24)30-11-7-21(8-12-30)28-15-19-13-20(19)16-31/h5-6,14,17,19-21,28,31H,7-13,15-16H2,1-4H3. The normalized spacial score (nSPS) is 26.7. The highest BCUT2D eigenvalue weighted by atomic mass is 32.1. The SMILES string of the molecule is CC1(C)CCC(C)(C)c2cc(-c3csc(N4CCC(NCC5CC5CO)CC4)n3)ccc21. The van der Waals surface area contributed by atoms with Gasteiger partial charge in [-0.15, -0.1) is 11.3 Å². The molecule has 174 valence electrons. The molecule has 32 heavy (non-hydrogen) atoms. The number of anilines is 1. The van der Waals surface area contributed by atoms with E-state index in [4.69, 9.17) is 4.98 Å². The van der Waals surface area contributed by atoms with Gasteiger partial charge in [-0.1, -0.05) is 39.8 Å². The number of thiazole rings is 1. The van der Waals surface area contributed by atoms with Crippen LogP contribution in [0.1, 0.15) is 70.9 Å². The fourth-order valence-electron chi connectivity index (χ4n) is 5.67. The first-order valence-corrected chi connectivity index (χ1v) is 13.3. The number of aromatic nitrogens is 1. The molecule has 3 aliphatic rings. The summed E-state index contributed by atoms with van der Waals surface area (Å²) in [6.07, 6.45) is 6.03. The number of hydrogen-bond acceptors (Lipinski definition) is 5. The molecule has 0 radical (unpaired) electrons. The summed E-state index contributed by atoms with van der Waals surface area (Å²) in [5, 5.41) is 16.4. The van der Waals surface area contributed by atoms with Crippen LogP contribution >= 0.6 is 11.3 Å². The Labute approximate surface area is 197 Å². The molecule has 1 aromatic carbocycles. The lowest BCUT2D eigenvalue weighted by Crippen LogP contribution is -2.43. The fraction of sp³-hybridized carbons (Fsp3) is 0.667. The summed E-state index contributed by atoms with van der Waals surface area (Å²) in [7, 11) is 0. The van der Waals surface area contributed by atoms with Gasteiger partial charge in [-0.3, -0.25) is 0 Å². The van der Waals surface area contributed by atoms with Gasteiger partial charge in [0.1, 0.15) is 0 Å². The average Bonchev–Trinajstić information content (AvgIpc) is 3.38. The summed E-state index contributed by atoms with van der Waals surface area (Å²) in [6, 6.07) is 7.68. The van der Waals surface area contributed by atoms with Gasteiger partial charge in [-0.05, 0) is 78.5 Å². The Morgan fingerprint density at radius 1 is 1.06 bits per heavy atom. The van der Waals surface area contributed by atoms with Crippen LogP contribution in [0.25, 0.3) is 11.3 Å². The van der Waals surface area contributed by atoms with Crippen LogP contribution in [0.2, 0.25) is 0 Å². The van der Waals surface area contributed by atoms with Crippen molar-refractivity contribution in [1.29, 1.82) is 0 Å². The molecule has 5 heteroatoms. The first-order chi connectivity index (χ1) is 15.3. The van der Waals surface area contributed by atoms with Gasteiger partial charge in [-0.25, -0.2) is 4.98 Å². The highest BCUT2D eigenvalue weighted by molar-refractivity contribution is 7.14. The average molecular weight is 454 g/mol. The lowest BCUT2D eigenvalue weighted by Gasteiger charge is -2.42. The van der Waals surface area contributed by atoms with Crippen molar-refractivity contribution in [3.05, 3.63) is 34.7 Å². The minimum absolute atomic E-state index is 0.228. The molecule has 0 spiro atoms. The number of piperidine rings is 1. The van der Waals surface area contributed by atoms with Gasteiger partial charge in [0.15, 0.2) is 5.13 Å². The Balaban J connectivity index is 1.24. The Kier molecular flexibility index (Phi) is 5.88. The highest BCUT2D eigenvalue weighted by Crippen LogP contribution is 2.47. The fourth-order valence-corrected chi connectivity index (χ4v) is 6.56. The molecule has 2 aromatic rings. The molecule has 2 fully saturated rings. The first-order valence-electron chi connectivity index (χ1n) is 12.5. The van der Waals surface area contributed by atoms with Crippen molar-refractivity contribution in [2.24, 2.45) is 11.8 Å². The largest absolute Gasteiger partial charge is 0.396 e. The van der Waals surface area contributed by atoms with E-state index in [9.17, 15) is 5.11 Å². The lowest BCUT2D eigenvalue weighted by atomic mass is 9.63. The summed E-state index contributed by atoms with van der Waals surface area (Å²) >= 11 is 1.79. The molecule has 1 aromatic heterocycles. The molecule has 0 bridgehead atoms. The third-order valence-electron chi connectivity index (χ3n) is 8.38. The second-order valence-corrected chi connectivity index (χ2v) is 12.5. The summed E-state index contributed by atoms with van der Waals surface area (Å²) < 4.78 is 0. The number of aliphatic hydroxyl groups is 1. The van der Waals surface area contributed by atoms with E-state index >= 15 is 0 Å². The van der Waals surface area contributed by atoms with E-state index in [1.165, 1.54) is 53.9 Å². The van der Waals surface area contributed by atoms with Crippen LogP contribution in [-0.2, 0) is 10.8 Å². The van der Waals surface area contributed by atoms with E-state index in [1.807, 2.05) is 0 Å². The van der Waals surface area contributed by atoms with Crippen LogP contribution in [0.4, 0.5) is 5.13 Å². The van der Waals surface area contributed by atoms with Gasteiger partial charge >= 0.3 is 0 Å². The van der Waals surface area contributed by atoms with Crippen LogP contribution in [0, 0.1) is 11.8 Å². The van der Waals surface area contributed by atoms with E-state index in [-0.39, 0.29) is 10.8 Å². The molecule has 1 saturated heterocycles. The molecule has 0 amide bonds. The van der Waals surface area contributed by atoms with E-state index in [1.54, 1.807) is 11.3 Å². The zero-order valence-corrected chi connectivity index (χ0v) is 21.0. The quantitative estimate of drug-likeness (QED) is 0.619. The lowest BCUT2D eigenvalue weighted by molar-refractivity contribution is 0.266. The highest BCUT2D eigenvalue weighted by Gasteiger charge is 2.38. The van der Waals surface area contributed by atoms with Crippen LogP contribution in [0.5, 0.6) is 0 Å². The van der Waals surface area contributed by atoms with Crippen molar-refractivity contribution in [3.63, 3.8) is 0 Å². The van der Waals surface area contributed by atoms with Crippen molar-refractivity contribution in [1.82, 2.24) is 10.3 Å². The molecule has 5 rings (SSSR count). The van der Waals surface area contributed by atoms with Gasteiger partial charge in [0.2, 0.25) is 0 Å². The number of nitrogens with one attached hydrogen (secondary N) is 1. The predicted molar refractivity (Wildman–Crippen MR) is 135 cm³/mol. The number of nitrogens with zero attached hydrogens (tertiary/aromatic N) is 2. The van der Waals surface area contributed by atoms with Crippen molar-refractivity contribution < 1.29 is 5.11 Å². The van der Waals surface area contributed by atoms with Gasteiger partial charge in [0, 0.05) is 36.7 Å². The summed E-state index contributed by atoms with van der Waals surface area (Å²) in [5.41, 5.74) is 5.89. The maximum absolute atomic E-state index is 9.23. The Hall–Kier alpha value is -1.43. The maximum Gasteiger partial charge on any atom is 0.185 e. The number of hydrogen-bond donors (Lipinski definition) is 2. The number of benzene rings is 1. The minimum Gasteiger partial charge on any atom is -0.396 e. The van der Waals surface area contributed by atoms with Crippen LogP contribution in [-0.4, -0.2) is 42.4 Å². The summed E-state index contributed by atoms with van der Waals surface area (Å²) in [4.78, 5) is 7.53. The van der Waals surface area contributed by atoms with Gasteiger partial charge in [0.25, 0.3) is 0 Å². The van der Waals surface area contributed by atoms with Gasteiger partial charge in [0.05, 0.1) is 5.69 Å². The van der Waals surface area contributed by atoms with Gasteiger partial charge < -0.3 is 15.3 Å². The zero-order valence-electron chi connectivity index (χ0n) is 20.2. The van der Waals surface area contributed by atoms with Crippen LogP contribution in [0.15, 0.2) is 23.6 Å². The molecule has 1 aliphatic heterocycles. The molecule has 4 nitrogen and oxygen atoms in total. The minimum atomic E-state index is 0.228. The summed E-state index contributed by atoms with van der Waals surface area (Å²) in [6.45, 7) is 13.1. The molecular formula is C27H39N3OS. The number of rotatable bonds is 6. The molecule has 1 saturated carbocycles. The third-order valence-corrected chi connectivity index (χ3v) is 9.28.